The molecule has 164 valence electrons. The van der Waals surface area contributed by atoms with E-state index in [9.17, 15) is 14.0 Å². The fourth-order valence-electron chi connectivity index (χ4n) is 4.19. The highest BCUT2D eigenvalue weighted by atomic mass is 19.1. The summed E-state index contributed by atoms with van der Waals surface area (Å²) < 4.78 is 15.1. The molecule has 0 atom stereocenters. The Hall–Kier alpha value is -3.48. The number of nitrogens with one attached hydrogen (secondary N) is 2. The third-order valence-corrected chi connectivity index (χ3v) is 6.06. The number of halogens is 1. The molecule has 0 unspecified atom stereocenters. The van der Waals surface area contributed by atoms with Crippen LogP contribution in [-0.4, -0.2) is 21.6 Å². The minimum atomic E-state index is -0.303. The molecule has 1 aromatic heterocycles. The van der Waals surface area contributed by atoms with Crippen molar-refractivity contribution in [1.29, 1.82) is 0 Å². The zero-order valence-corrected chi connectivity index (χ0v) is 17.7. The number of benzene rings is 2. The van der Waals surface area contributed by atoms with E-state index < -0.39 is 0 Å². The van der Waals surface area contributed by atoms with Crippen molar-refractivity contribution in [2.24, 2.45) is 5.92 Å². The van der Waals surface area contributed by atoms with Gasteiger partial charge in [-0.25, -0.2) is 9.07 Å². The van der Waals surface area contributed by atoms with Gasteiger partial charge >= 0.3 is 0 Å². The van der Waals surface area contributed by atoms with Gasteiger partial charge in [-0.1, -0.05) is 12.1 Å². The van der Waals surface area contributed by atoms with Crippen LogP contribution in [0.5, 0.6) is 0 Å². The minimum Gasteiger partial charge on any atom is -0.347 e. The summed E-state index contributed by atoms with van der Waals surface area (Å²) in [6.07, 6.45) is 5.62. The molecule has 0 spiro atoms. The van der Waals surface area contributed by atoms with Crippen molar-refractivity contribution in [2.45, 2.75) is 45.1 Å². The summed E-state index contributed by atoms with van der Waals surface area (Å²) in [5, 5.41) is 10.5. The van der Waals surface area contributed by atoms with Crippen LogP contribution < -0.4 is 10.6 Å². The molecule has 0 bridgehead atoms. The summed E-state index contributed by atoms with van der Waals surface area (Å²) in [5.74, 6) is -0.329. The standard InChI is InChI=1S/C25H25FN4O2/c26-18-10-12-20(13-11-18)30-22-7-2-1-6-21(22)23(29-30)25(32)27-15-16-4-3-5-19(14-16)28-24(31)17-8-9-17/h3-5,10-14,17H,1-2,6-9,15H2,(H,27,32)(H,28,31). The number of carbonyl (C=O) groups excluding carboxylic acids is 2. The van der Waals surface area contributed by atoms with E-state index in [1.165, 1.54) is 12.1 Å². The lowest BCUT2D eigenvalue weighted by Crippen LogP contribution is -2.25. The number of aromatic nitrogens is 2. The lowest BCUT2D eigenvalue weighted by atomic mass is 9.95. The quantitative estimate of drug-likeness (QED) is 0.614. The summed E-state index contributed by atoms with van der Waals surface area (Å²) in [6, 6.07) is 13.7. The van der Waals surface area contributed by atoms with Crippen LogP contribution in [0.4, 0.5) is 10.1 Å². The van der Waals surface area contributed by atoms with Gasteiger partial charge in [-0.2, -0.15) is 5.10 Å². The first-order valence-corrected chi connectivity index (χ1v) is 11.1. The van der Waals surface area contributed by atoms with E-state index in [-0.39, 0.29) is 23.5 Å². The number of fused-ring (bicyclic) bond motifs is 1. The molecule has 6 nitrogen and oxygen atoms in total. The van der Waals surface area contributed by atoms with Crippen LogP contribution in [0.25, 0.3) is 5.69 Å². The van der Waals surface area contributed by atoms with Crippen LogP contribution in [0.3, 0.4) is 0 Å². The Morgan fingerprint density at radius 3 is 2.62 bits per heavy atom. The average Bonchev–Trinajstić information content (AvgIpc) is 3.59. The maximum atomic E-state index is 13.4. The molecule has 7 heteroatoms. The molecule has 3 aromatic rings. The Morgan fingerprint density at radius 1 is 1.06 bits per heavy atom. The average molecular weight is 432 g/mol. The van der Waals surface area contributed by atoms with Crippen molar-refractivity contribution >= 4 is 17.5 Å². The number of hydrogen-bond donors (Lipinski definition) is 2. The van der Waals surface area contributed by atoms with Crippen molar-refractivity contribution < 1.29 is 14.0 Å². The third-order valence-electron chi connectivity index (χ3n) is 6.06. The molecule has 0 saturated heterocycles. The largest absolute Gasteiger partial charge is 0.347 e. The third kappa shape index (κ3) is 4.28. The van der Waals surface area contributed by atoms with Gasteiger partial charge in [-0.15, -0.1) is 0 Å². The topological polar surface area (TPSA) is 76.0 Å². The molecule has 0 radical (unpaired) electrons. The van der Waals surface area contributed by atoms with Crippen LogP contribution in [-0.2, 0) is 24.2 Å². The zero-order chi connectivity index (χ0) is 22.1. The van der Waals surface area contributed by atoms with Gasteiger partial charge in [-0.05, 0) is 80.5 Å². The maximum Gasteiger partial charge on any atom is 0.272 e. The van der Waals surface area contributed by atoms with Gasteiger partial charge in [0.05, 0.1) is 5.69 Å². The van der Waals surface area contributed by atoms with E-state index in [1.54, 1.807) is 16.8 Å². The molecule has 5 rings (SSSR count). The van der Waals surface area contributed by atoms with Gasteiger partial charge in [0.15, 0.2) is 5.69 Å². The number of anilines is 1. The molecule has 0 aliphatic heterocycles. The van der Waals surface area contributed by atoms with Gasteiger partial charge < -0.3 is 10.6 Å². The van der Waals surface area contributed by atoms with E-state index in [4.69, 9.17) is 0 Å². The highest BCUT2D eigenvalue weighted by Gasteiger charge is 2.29. The van der Waals surface area contributed by atoms with Gasteiger partial charge in [-0.3, -0.25) is 9.59 Å². The molecule has 32 heavy (non-hydrogen) atoms. The summed E-state index contributed by atoms with van der Waals surface area (Å²) in [5.41, 5.74) is 4.83. The van der Waals surface area contributed by atoms with E-state index >= 15 is 0 Å². The predicted molar refractivity (Wildman–Crippen MR) is 119 cm³/mol. The summed E-state index contributed by atoms with van der Waals surface area (Å²) in [7, 11) is 0. The molecule has 2 N–H and O–H groups in total. The first kappa shape index (κ1) is 20.4. The van der Waals surface area contributed by atoms with E-state index in [0.29, 0.717) is 12.2 Å². The fraction of sp³-hybridized carbons (Fsp3) is 0.320. The zero-order valence-electron chi connectivity index (χ0n) is 17.7. The SMILES string of the molecule is O=C(NCc1cccc(NC(=O)C2CC2)c1)c1nn(-c2ccc(F)cc2)c2c1CCCC2. The smallest absolute Gasteiger partial charge is 0.272 e. The molecule has 1 fully saturated rings. The van der Waals surface area contributed by atoms with Gasteiger partial charge in [0.25, 0.3) is 5.91 Å². The molecular weight excluding hydrogens is 407 g/mol. The molecule has 2 aliphatic carbocycles. The van der Waals surface area contributed by atoms with Crippen molar-refractivity contribution in [2.75, 3.05) is 5.32 Å². The van der Waals surface area contributed by atoms with Gasteiger partial charge in [0, 0.05) is 29.4 Å². The number of hydrogen-bond acceptors (Lipinski definition) is 3. The lowest BCUT2D eigenvalue weighted by molar-refractivity contribution is -0.117. The van der Waals surface area contributed by atoms with Crippen molar-refractivity contribution in [3.05, 3.63) is 76.9 Å². The highest BCUT2D eigenvalue weighted by molar-refractivity contribution is 5.95. The first-order valence-electron chi connectivity index (χ1n) is 11.1. The molecule has 2 aromatic carbocycles. The van der Waals surface area contributed by atoms with Crippen LogP contribution >= 0.6 is 0 Å². The summed E-state index contributed by atoms with van der Waals surface area (Å²) in [4.78, 5) is 25.0. The molecule has 2 amide bonds. The minimum absolute atomic E-state index is 0.0594. The van der Waals surface area contributed by atoms with Crippen LogP contribution in [0.15, 0.2) is 48.5 Å². The van der Waals surface area contributed by atoms with Crippen LogP contribution in [0, 0.1) is 11.7 Å². The lowest BCUT2D eigenvalue weighted by Gasteiger charge is -2.14. The van der Waals surface area contributed by atoms with E-state index in [0.717, 1.165) is 66.7 Å². The monoisotopic (exact) mass is 432 g/mol. The first-order chi connectivity index (χ1) is 15.6. The number of carbonyl (C=O) groups is 2. The van der Waals surface area contributed by atoms with Gasteiger partial charge in [0.2, 0.25) is 5.91 Å². The molecule has 1 saturated carbocycles. The second-order valence-electron chi connectivity index (χ2n) is 8.52. The predicted octanol–water partition coefficient (Wildman–Crippen LogP) is 4.17. The molecular formula is C25H25FN4O2. The second kappa shape index (κ2) is 8.57. The second-order valence-corrected chi connectivity index (χ2v) is 8.52. The Bertz CT molecular complexity index is 1170. The molecule has 2 aliphatic rings. The van der Waals surface area contributed by atoms with E-state index in [1.807, 2.05) is 24.3 Å². The normalized spacial score (nSPS) is 15.2. The maximum absolute atomic E-state index is 13.4. The summed E-state index contributed by atoms with van der Waals surface area (Å²) >= 11 is 0. The number of amides is 2. The fourth-order valence-corrected chi connectivity index (χ4v) is 4.19. The summed E-state index contributed by atoms with van der Waals surface area (Å²) in [6.45, 7) is 0.337. The van der Waals surface area contributed by atoms with Gasteiger partial charge in [0.1, 0.15) is 5.82 Å². The van der Waals surface area contributed by atoms with Crippen LogP contribution in [0.1, 0.15) is 53.0 Å². The number of nitrogens with zero attached hydrogens (tertiary/aromatic N) is 2. The Labute approximate surface area is 185 Å². The number of rotatable bonds is 6. The van der Waals surface area contributed by atoms with Crippen LogP contribution in [0.2, 0.25) is 0 Å². The Kier molecular flexibility index (Phi) is 5.47. The Balaban J connectivity index is 1.32. The van der Waals surface area contributed by atoms with Crippen molar-refractivity contribution in [1.82, 2.24) is 15.1 Å². The van der Waals surface area contributed by atoms with Crippen molar-refractivity contribution in [3.8, 4) is 5.69 Å². The Morgan fingerprint density at radius 2 is 1.84 bits per heavy atom. The molecule has 1 heterocycles. The highest BCUT2D eigenvalue weighted by Crippen LogP contribution is 2.30. The van der Waals surface area contributed by atoms with Crippen molar-refractivity contribution in [3.63, 3.8) is 0 Å². The van der Waals surface area contributed by atoms with E-state index in [2.05, 4.69) is 15.7 Å².